The Hall–Kier alpha value is -0.650. The molecule has 0 saturated carbocycles. The molecule has 0 aromatic carbocycles. The maximum absolute atomic E-state index is 10.4. The second-order valence-corrected chi connectivity index (χ2v) is 4.89. The van der Waals surface area contributed by atoms with Gasteiger partial charge in [-0.05, 0) is 25.9 Å². The predicted octanol–water partition coefficient (Wildman–Crippen LogP) is 0.258. The fourth-order valence-corrected chi connectivity index (χ4v) is 2.71. The van der Waals surface area contributed by atoms with Crippen molar-refractivity contribution in [2.24, 2.45) is 0 Å². The molecule has 2 fully saturated rings. The Morgan fingerprint density at radius 1 is 1.29 bits per heavy atom. The van der Waals surface area contributed by atoms with Crippen LogP contribution in [0.4, 0.5) is 0 Å². The molecule has 2 heterocycles. The molecule has 5 heteroatoms. The van der Waals surface area contributed by atoms with E-state index in [2.05, 4.69) is 9.80 Å². The largest absolute Gasteiger partial charge is 0.481 e. The lowest BCUT2D eigenvalue weighted by Gasteiger charge is -2.32. The third kappa shape index (κ3) is 3.94. The molecular formula is C12H22N2O3. The fraction of sp³-hybridized carbons (Fsp3) is 0.917. The molecule has 98 valence electrons. The van der Waals surface area contributed by atoms with E-state index < -0.39 is 5.97 Å². The van der Waals surface area contributed by atoms with Gasteiger partial charge >= 0.3 is 5.97 Å². The molecule has 0 aromatic rings. The van der Waals surface area contributed by atoms with Gasteiger partial charge in [-0.15, -0.1) is 0 Å². The fourth-order valence-electron chi connectivity index (χ4n) is 2.71. The molecular weight excluding hydrogens is 220 g/mol. The molecule has 0 spiro atoms. The van der Waals surface area contributed by atoms with E-state index in [4.69, 9.17) is 9.84 Å². The van der Waals surface area contributed by atoms with Gasteiger partial charge in [0.05, 0.1) is 13.2 Å². The smallest absolute Gasteiger partial charge is 0.303 e. The van der Waals surface area contributed by atoms with Crippen LogP contribution in [0.3, 0.4) is 0 Å². The van der Waals surface area contributed by atoms with Crippen LogP contribution in [0.1, 0.15) is 19.3 Å². The molecule has 0 aromatic heterocycles. The molecule has 0 aliphatic carbocycles. The van der Waals surface area contributed by atoms with Crippen LogP contribution in [-0.4, -0.2) is 72.9 Å². The van der Waals surface area contributed by atoms with Crippen molar-refractivity contribution in [2.75, 3.05) is 45.9 Å². The van der Waals surface area contributed by atoms with E-state index in [0.717, 1.165) is 52.4 Å². The standard InChI is InChI=1S/C12H22N2O3/c15-12(16)2-1-4-13-5-3-11(10-13)14-6-8-17-9-7-14/h11H,1-10H2,(H,15,16). The molecule has 17 heavy (non-hydrogen) atoms. The number of carboxylic acids is 1. The SMILES string of the molecule is O=C(O)CCCN1CCC(N2CCOCC2)C1. The van der Waals surface area contributed by atoms with Crippen molar-refractivity contribution in [3.8, 4) is 0 Å². The predicted molar refractivity (Wildman–Crippen MR) is 64.1 cm³/mol. The lowest BCUT2D eigenvalue weighted by molar-refractivity contribution is -0.137. The van der Waals surface area contributed by atoms with Gasteiger partial charge in [0.1, 0.15) is 0 Å². The number of ether oxygens (including phenoxy) is 1. The normalized spacial score (nSPS) is 27.4. The van der Waals surface area contributed by atoms with E-state index in [1.54, 1.807) is 0 Å². The Morgan fingerprint density at radius 3 is 2.76 bits per heavy atom. The van der Waals surface area contributed by atoms with Crippen LogP contribution in [0.2, 0.25) is 0 Å². The van der Waals surface area contributed by atoms with Gasteiger partial charge in [0, 0.05) is 32.1 Å². The highest BCUT2D eigenvalue weighted by Gasteiger charge is 2.28. The monoisotopic (exact) mass is 242 g/mol. The molecule has 2 aliphatic heterocycles. The summed E-state index contributed by atoms with van der Waals surface area (Å²) >= 11 is 0. The molecule has 1 unspecified atom stereocenters. The van der Waals surface area contributed by atoms with E-state index in [9.17, 15) is 4.79 Å². The highest BCUT2D eigenvalue weighted by molar-refractivity contribution is 5.66. The van der Waals surface area contributed by atoms with Crippen molar-refractivity contribution in [1.82, 2.24) is 9.80 Å². The number of likely N-dealkylation sites (tertiary alicyclic amines) is 1. The number of rotatable bonds is 5. The topological polar surface area (TPSA) is 53.0 Å². The van der Waals surface area contributed by atoms with Gasteiger partial charge in [0.2, 0.25) is 0 Å². The van der Waals surface area contributed by atoms with Crippen molar-refractivity contribution in [3.05, 3.63) is 0 Å². The van der Waals surface area contributed by atoms with Crippen LogP contribution in [0.15, 0.2) is 0 Å². The van der Waals surface area contributed by atoms with Crippen LogP contribution in [0.25, 0.3) is 0 Å². The summed E-state index contributed by atoms with van der Waals surface area (Å²) in [7, 11) is 0. The van der Waals surface area contributed by atoms with Gasteiger partial charge in [0.15, 0.2) is 0 Å². The van der Waals surface area contributed by atoms with Gasteiger partial charge < -0.3 is 14.7 Å². The van der Waals surface area contributed by atoms with E-state index in [-0.39, 0.29) is 0 Å². The maximum atomic E-state index is 10.4. The Labute approximate surface area is 102 Å². The van der Waals surface area contributed by atoms with Gasteiger partial charge in [-0.1, -0.05) is 0 Å². The maximum Gasteiger partial charge on any atom is 0.303 e. The number of morpholine rings is 1. The molecule has 1 atom stereocenters. The Morgan fingerprint density at radius 2 is 2.06 bits per heavy atom. The van der Waals surface area contributed by atoms with E-state index in [0.29, 0.717) is 12.5 Å². The number of hydrogen-bond acceptors (Lipinski definition) is 4. The first-order valence-electron chi connectivity index (χ1n) is 6.51. The van der Waals surface area contributed by atoms with Crippen molar-refractivity contribution < 1.29 is 14.6 Å². The number of carbonyl (C=O) groups is 1. The lowest BCUT2D eigenvalue weighted by Crippen LogP contribution is -2.44. The van der Waals surface area contributed by atoms with Crippen LogP contribution in [-0.2, 0) is 9.53 Å². The summed E-state index contributed by atoms with van der Waals surface area (Å²) in [6, 6.07) is 0.656. The zero-order valence-electron chi connectivity index (χ0n) is 10.3. The van der Waals surface area contributed by atoms with Crippen LogP contribution >= 0.6 is 0 Å². The highest BCUT2D eigenvalue weighted by Crippen LogP contribution is 2.17. The van der Waals surface area contributed by atoms with Gasteiger partial charge in [0.25, 0.3) is 0 Å². The number of nitrogens with zero attached hydrogens (tertiary/aromatic N) is 2. The zero-order chi connectivity index (χ0) is 12.1. The Balaban J connectivity index is 1.66. The summed E-state index contributed by atoms with van der Waals surface area (Å²) in [6.07, 6.45) is 2.27. The molecule has 0 amide bonds. The van der Waals surface area contributed by atoms with Crippen LogP contribution in [0.5, 0.6) is 0 Å². The quantitative estimate of drug-likeness (QED) is 0.749. The molecule has 5 nitrogen and oxygen atoms in total. The summed E-state index contributed by atoms with van der Waals surface area (Å²) in [5, 5.41) is 8.60. The molecule has 2 saturated heterocycles. The summed E-state index contributed by atoms with van der Waals surface area (Å²) in [5.41, 5.74) is 0. The van der Waals surface area contributed by atoms with Crippen LogP contribution < -0.4 is 0 Å². The van der Waals surface area contributed by atoms with E-state index >= 15 is 0 Å². The first-order valence-corrected chi connectivity index (χ1v) is 6.51. The second kappa shape index (κ2) is 6.33. The average Bonchev–Trinajstić information content (AvgIpc) is 2.78. The third-order valence-corrected chi connectivity index (χ3v) is 3.67. The summed E-state index contributed by atoms with van der Waals surface area (Å²) in [6.45, 7) is 6.95. The lowest BCUT2D eigenvalue weighted by atomic mass is 10.2. The van der Waals surface area contributed by atoms with Gasteiger partial charge in [-0.2, -0.15) is 0 Å². The van der Waals surface area contributed by atoms with Crippen LogP contribution in [0, 0.1) is 0 Å². The van der Waals surface area contributed by atoms with Gasteiger partial charge in [-0.25, -0.2) is 0 Å². The number of hydrogen-bond donors (Lipinski definition) is 1. The van der Waals surface area contributed by atoms with Crippen molar-refractivity contribution in [1.29, 1.82) is 0 Å². The average molecular weight is 242 g/mol. The number of carboxylic acid groups (broad SMARTS) is 1. The van der Waals surface area contributed by atoms with Crippen molar-refractivity contribution >= 4 is 5.97 Å². The minimum absolute atomic E-state index is 0.290. The second-order valence-electron chi connectivity index (χ2n) is 4.89. The third-order valence-electron chi connectivity index (χ3n) is 3.67. The molecule has 1 N–H and O–H groups in total. The minimum atomic E-state index is -0.686. The van der Waals surface area contributed by atoms with Crippen molar-refractivity contribution in [3.63, 3.8) is 0 Å². The Kier molecular flexibility index (Phi) is 4.76. The Bertz CT molecular complexity index is 254. The molecule has 2 rings (SSSR count). The summed E-state index contributed by atoms with van der Waals surface area (Å²) < 4.78 is 5.36. The minimum Gasteiger partial charge on any atom is -0.481 e. The summed E-state index contributed by atoms with van der Waals surface area (Å²) in [4.78, 5) is 15.4. The molecule has 0 radical (unpaired) electrons. The first-order chi connectivity index (χ1) is 8.25. The highest BCUT2D eigenvalue weighted by atomic mass is 16.5. The first kappa shape index (κ1) is 12.8. The molecule has 0 bridgehead atoms. The van der Waals surface area contributed by atoms with E-state index in [1.807, 2.05) is 0 Å². The number of aliphatic carboxylic acids is 1. The van der Waals surface area contributed by atoms with E-state index in [1.165, 1.54) is 6.42 Å². The van der Waals surface area contributed by atoms with Gasteiger partial charge in [-0.3, -0.25) is 9.69 Å². The molecule has 2 aliphatic rings. The van der Waals surface area contributed by atoms with Crippen molar-refractivity contribution in [2.45, 2.75) is 25.3 Å². The zero-order valence-corrected chi connectivity index (χ0v) is 10.3. The summed E-state index contributed by atoms with van der Waals surface area (Å²) in [5.74, 6) is -0.686.